The molecule has 1 aromatic rings. The van der Waals surface area contributed by atoms with Crippen LogP contribution in [0.25, 0.3) is 0 Å². The molecular weight excluding hydrogens is 256 g/mol. The van der Waals surface area contributed by atoms with E-state index in [2.05, 4.69) is 37.3 Å². The van der Waals surface area contributed by atoms with Crippen LogP contribution in [0.4, 0.5) is 0 Å². The number of fused-ring (bicyclic) bond motifs is 4. The fourth-order valence-electron chi connectivity index (χ4n) is 4.98. The van der Waals surface area contributed by atoms with Gasteiger partial charge in [-0.1, -0.05) is 43.7 Å². The molecule has 21 heavy (non-hydrogen) atoms. The van der Waals surface area contributed by atoms with E-state index < -0.39 is 0 Å². The van der Waals surface area contributed by atoms with Gasteiger partial charge in [-0.2, -0.15) is 0 Å². The SMILES string of the molecule is CCCCc1cccc2c1CCC1(CC3C=CC1C3)C2=O. The Labute approximate surface area is 127 Å². The summed E-state index contributed by atoms with van der Waals surface area (Å²) in [5.74, 6) is 1.64. The normalized spacial score (nSPS) is 32.9. The van der Waals surface area contributed by atoms with Crippen LogP contribution in [0.15, 0.2) is 30.4 Å². The molecular formula is C20H24O. The molecule has 110 valence electrons. The van der Waals surface area contributed by atoms with E-state index in [4.69, 9.17) is 0 Å². The maximum atomic E-state index is 13.2. The molecule has 2 bridgehead atoms. The van der Waals surface area contributed by atoms with Gasteiger partial charge in [0.15, 0.2) is 5.78 Å². The topological polar surface area (TPSA) is 17.1 Å². The van der Waals surface area contributed by atoms with E-state index in [0.717, 1.165) is 31.2 Å². The fraction of sp³-hybridized carbons (Fsp3) is 0.550. The van der Waals surface area contributed by atoms with Crippen LogP contribution in [-0.4, -0.2) is 5.78 Å². The highest BCUT2D eigenvalue weighted by molar-refractivity contribution is 6.03. The Morgan fingerprint density at radius 3 is 2.90 bits per heavy atom. The molecule has 3 aliphatic rings. The van der Waals surface area contributed by atoms with Gasteiger partial charge in [0.2, 0.25) is 0 Å². The number of unbranched alkanes of at least 4 members (excludes halogenated alkanes) is 1. The third kappa shape index (κ3) is 1.86. The molecule has 3 unspecified atom stereocenters. The highest BCUT2D eigenvalue weighted by Gasteiger charge is 2.54. The largest absolute Gasteiger partial charge is 0.294 e. The van der Waals surface area contributed by atoms with Gasteiger partial charge in [0.1, 0.15) is 0 Å². The predicted octanol–water partition coefficient (Wildman–Crippen LogP) is 4.74. The van der Waals surface area contributed by atoms with E-state index >= 15 is 0 Å². The Morgan fingerprint density at radius 2 is 2.19 bits per heavy atom. The van der Waals surface area contributed by atoms with Crippen molar-refractivity contribution in [3.05, 3.63) is 47.0 Å². The van der Waals surface area contributed by atoms with E-state index in [1.54, 1.807) is 0 Å². The lowest BCUT2D eigenvalue weighted by Crippen LogP contribution is -2.39. The molecule has 4 rings (SSSR count). The van der Waals surface area contributed by atoms with E-state index in [1.165, 1.54) is 30.4 Å². The van der Waals surface area contributed by atoms with Crippen LogP contribution in [0.1, 0.15) is 60.5 Å². The van der Waals surface area contributed by atoms with Crippen molar-refractivity contribution in [1.82, 2.24) is 0 Å². The number of hydrogen-bond acceptors (Lipinski definition) is 1. The summed E-state index contributed by atoms with van der Waals surface area (Å²) in [6.45, 7) is 2.23. The van der Waals surface area contributed by atoms with Crippen molar-refractivity contribution in [1.29, 1.82) is 0 Å². The Balaban J connectivity index is 1.71. The Kier molecular flexibility index (Phi) is 3.06. The second-order valence-corrected chi connectivity index (χ2v) is 7.22. The summed E-state index contributed by atoms with van der Waals surface area (Å²) in [5.41, 5.74) is 3.80. The molecule has 0 radical (unpaired) electrons. The molecule has 0 aromatic heterocycles. The second-order valence-electron chi connectivity index (χ2n) is 7.22. The molecule has 0 heterocycles. The number of hydrogen-bond donors (Lipinski definition) is 0. The van der Waals surface area contributed by atoms with Gasteiger partial charge >= 0.3 is 0 Å². The number of allylic oxidation sites excluding steroid dienone is 2. The Morgan fingerprint density at radius 1 is 1.29 bits per heavy atom. The lowest BCUT2D eigenvalue weighted by Gasteiger charge is -2.39. The first kappa shape index (κ1) is 13.3. The van der Waals surface area contributed by atoms with E-state index in [1.807, 2.05) is 0 Å². The lowest BCUT2D eigenvalue weighted by atomic mass is 9.63. The van der Waals surface area contributed by atoms with Crippen molar-refractivity contribution in [3.8, 4) is 0 Å². The first-order valence-electron chi connectivity index (χ1n) is 8.58. The van der Waals surface area contributed by atoms with E-state index in [9.17, 15) is 4.79 Å². The number of aryl methyl sites for hydroxylation is 1. The average molecular weight is 280 g/mol. The lowest BCUT2D eigenvalue weighted by molar-refractivity contribution is 0.0702. The zero-order chi connectivity index (χ0) is 14.4. The fourth-order valence-corrected chi connectivity index (χ4v) is 4.98. The number of rotatable bonds is 3. The third-order valence-corrected chi connectivity index (χ3v) is 6.10. The summed E-state index contributed by atoms with van der Waals surface area (Å²) in [4.78, 5) is 13.2. The number of carbonyl (C=O) groups is 1. The number of ketones is 1. The molecule has 0 aliphatic heterocycles. The third-order valence-electron chi connectivity index (χ3n) is 6.10. The van der Waals surface area contributed by atoms with Gasteiger partial charge < -0.3 is 0 Å². The van der Waals surface area contributed by atoms with Gasteiger partial charge in [-0.15, -0.1) is 0 Å². The smallest absolute Gasteiger partial charge is 0.169 e. The highest BCUT2D eigenvalue weighted by Crippen LogP contribution is 2.57. The quantitative estimate of drug-likeness (QED) is 0.731. The molecule has 1 saturated carbocycles. The maximum absolute atomic E-state index is 13.2. The van der Waals surface area contributed by atoms with Crippen molar-refractivity contribution >= 4 is 5.78 Å². The van der Waals surface area contributed by atoms with Crippen molar-refractivity contribution in [2.75, 3.05) is 0 Å². The molecule has 3 atom stereocenters. The van der Waals surface area contributed by atoms with Crippen molar-refractivity contribution in [3.63, 3.8) is 0 Å². The summed E-state index contributed by atoms with van der Waals surface area (Å²) in [5, 5.41) is 0. The van der Waals surface area contributed by atoms with Gasteiger partial charge in [-0.25, -0.2) is 0 Å². The van der Waals surface area contributed by atoms with Gasteiger partial charge in [-0.05, 0) is 61.5 Å². The van der Waals surface area contributed by atoms with Crippen molar-refractivity contribution in [2.45, 2.75) is 51.9 Å². The Hall–Kier alpha value is -1.37. The summed E-state index contributed by atoms with van der Waals surface area (Å²) in [6.07, 6.45) is 12.8. The first-order chi connectivity index (χ1) is 10.2. The van der Waals surface area contributed by atoms with Crippen LogP contribution in [-0.2, 0) is 12.8 Å². The van der Waals surface area contributed by atoms with Crippen molar-refractivity contribution < 1.29 is 4.79 Å². The molecule has 1 heteroatoms. The summed E-state index contributed by atoms with van der Waals surface area (Å²) in [6, 6.07) is 6.42. The molecule has 1 aromatic carbocycles. The predicted molar refractivity (Wildman–Crippen MR) is 85.5 cm³/mol. The minimum absolute atomic E-state index is 0.0458. The maximum Gasteiger partial charge on any atom is 0.169 e. The summed E-state index contributed by atoms with van der Waals surface area (Å²) >= 11 is 0. The molecule has 1 nitrogen and oxygen atoms in total. The van der Waals surface area contributed by atoms with Crippen LogP contribution < -0.4 is 0 Å². The minimum atomic E-state index is -0.0458. The second kappa shape index (κ2) is 4.83. The monoisotopic (exact) mass is 280 g/mol. The Bertz CT molecular complexity index is 612. The van der Waals surface area contributed by atoms with Crippen LogP contribution >= 0.6 is 0 Å². The van der Waals surface area contributed by atoms with Gasteiger partial charge in [0.05, 0.1) is 0 Å². The zero-order valence-electron chi connectivity index (χ0n) is 12.9. The van der Waals surface area contributed by atoms with Crippen LogP contribution in [0.2, 0.25) is 0 Å². The summed E-state index contributed by atoms with van der Waals surface area (Å²) in [7, 11) is 0. The molecule has 1 spiro atoms. The highest BCUT2D eigenvalue weighted by atomic mass is 16.1. The number of benzene rings is 1. The molecule has 0 N–H and O–H groups in total. The number of carbonyl (C=O) groups excluding carboxylic acids is 1. The van der Waals surface area contributed by atoms with Gasteiger partial charge in [0.25, 0.3) is 0 Å². The minimum Gasteiger partial charge on any atom is -0.294 e. The molecule has 0 amide bonds. The van der Waals surface area contributed by atoms with Crippen LogP contribution in [0.3, 0.4) is 0 Å². The first-order valence-corrected chi connectivity index (χ1v) is 8.58. The zero-order valence-corrected chi connectivity index (χ0v) is 12.9. The van der Waals surface area contributed by atoms with Gasteiger partial charge in [0, 0.05) is 11.0 Å². The summed E-state index contributed by atoms with van der Waals surface area (Å²) < 4.78 is 0. The standard InChI is InChI=1S/C20H24O/c1-2-3-5-15-6-4-7-18-17(15)10-11-20(19(18)21)13-14-8-9-16(20)12-14/h4,6-9,14,16H,2-3,5,10-13H2,1H3. The number of Topliss-reactive ketones (excluding diaryl/α,β-unsaturated/α-hetero) is 1. The molecule has 1 fully saturated rings. The van der Waals surface area contributed by atoms with E-state index in [-0.39, 0.29) is 5.41 Å². The van der Waals surface area contributed by atoms with Crippen molar-refractivity contribution in [2.24, 2.45) is 17.3 Å². The van der Waals surface area contributed by atoms with Crippen LogP contribution in [0, 0.1) is 17.3 Å². The molecule has 3 aliphatic carbocycles. The van der Waals surface area contributed by atoms with Gasteiger partial charge in [-0.3, -0.25) is 4.79 Å². The van der Waals surface area contributed by atoms with Crippen LogP contribution in [0.5, 0.6) is 0 Å². The van der Waals surface area contributed by atoms with E-state index in [0.29, 0.717) is 17.6 Å². The molecule has 0 saturated heterocycles. The average Bonchev–Trinajstić information content (AvgIpc) is 3.10.